The van der Waals surface area contributed by atoms with Gasteiger partial charge >= 0.3 is 0 Å². The van der Waals surface area contributed by atoms with Crippen LogP contribution >= 0.6 is 0 Å². The summed E-state index contributed by atoms with van der Waals surface area (Å²) in [6, 6.07) is 0. The lowest BCUT2D eigenvalue weighted by Crippen LogP contribution is -2.23. The lowest BCUT2D eigenvalue weighted by Gasteiger charge is -2.21. The summed E-state index contributed by atoms with van der Waals surface area (Å²) in [6.07, 6.45) is 3.62. The van der Waals surface area contributed by atoms with E-state index in [1.54, 1.807) is 13.8 Å². The van der Waals surface area contributed by atoms with Crippen molar-refractivity contribution in [3.63, 3.8) is 0 Å². The second-order valence-corrected chi connectivity index (χ2v) is 4.85. The fourth-order valence-electron chi connectivity index (χ4n) is 1.18. The fraction of sp³-hybridized carbons (Fsp3) is 0.500. The molecule has 0 aliphatic heterocycles. The third kappa shape index (κ3) is 5.95. The quantitative estimate of drug-likeness (QED) is 0.638. The predicted octanol–water partition coefficient (Wildman–Crippen LogP) is 2.65. The molecule has 0 saturated carbocycles. The van der Waals surface area contributed by atoms with Crippen LogP contribution in [0.4, 0.5) is 0 Å². The van der Waals surface area contributed by atoms with Gasteiger partial charge in [0.2, 0.25) is 0 Å². The molecular weight excluding hydrogens is 216 g/mol. The molecule has 0 amide bonds. The summed E-state index contributed by atoms with van der Waals surface area (Å²) in [4.78, 5) is 33.5. The predicted molar refractivity (Wildman–Crippen MR) is 67.7 cm³/mol. The molecule has 0 radical (unpaired) electrons. The first-order valence-electron chi connectivity index (χ1n) is 5.58. The maximum absolute atomic E-state index is 11.8. The number of allylic oxidation sites excluding steroid dienone is 3. The van der Waals surface area contributed by atoms with E-state index < -0.39 is 5.41 Å². The summed E-state index contributed by atoms with van der Waals surface area (Å²) in [6.45, 7) is 10.1. The summed E-state index contributed by atoms with van der Waals surface area (Å²) >= 11 is 0. The maximum atomic E-state index is 11.8. The Hall–Kier alpha value is -1.51. The first-order chi connectivity index (χ1) is 7.66. The second kappa shape index (κ2) is 6.28. The van der Waals surface area contributed by atoms with E-state index in [2.05, 4.69) is 6.58 Å². The largest absolute Gasteiger partial charge is 0.295 e. The lowest BCUT2D eigenvalue weighted by molar-refractivity contribution is -0.123. The topological polar surface area (TPSA) is 51.2 Å². The Morgan fingerprint density at radius 3 is 2.06 bits per heavy atom. The monoisotopic (exact) mass is 236 g/mol. The van der Waals surface area contributed by atoms with E-state index in [0.29, 0.717) is 18.4 Å². The van der Waals surface area contributed by atoms with Crippen LogP contribution in [0.3, 0.4) is 0 Å². The normalized spacial score (nSPS) is 11.5. The van der Waals surface area contributed by atoms with Crippen molar-refractivity contribution in [2.75, 3.05) is 0 Å². The SMILES string of the molecule is C=C(CCC(C)(C)C(=O)/C=C/C(C)=O)C(C)=O. The highest BCUT2D eigenvalue weighted by molar-refractivity contribution is 6.00. The zero-order valence-corrected chi connectivity index (χ0v) is 11.0. The van der Waals surface area contributed by atoms with Gasteiger partial charge in [-0.1, -0.05) is 20.4 Å². The minimum Gasteiger partial charge on any atom is -0.295 e. The highest BCUT2D eigenvalue weighted by Gasteiger charge is 2.25. The Morgan fingerprint density at radius 2 is 1.65 bits per heavy atom. The molecule has 0 aliphatic rings. The van der Waals surface area contributed by atoms with Gasteiger partial charge in [0.15, 0.2) is 17.3 Å². The van der Waals surface area contributed by atoms with Gasteiger partial charge in [0.05, 0.1) is 0 Å². The van der Waals surface area contributed by atoms with Crippen LogP contribution in [-0.2, 0) is 14.4 Å². The van der Waals surface area contributed by atoms with Crippen LogP contribution in [0.2, 0.25) is 0 Å². The molecule has 0 fully saturated rings. The van der Waals surface area contributed by atoms with Crippen LogP contribution in [0.5, 0.6) is 0 Å². The minimum atomic E-state index is -0.579. The van der Waals surface area contributed by atoms with E-state index in [0.717, 1.165) is 0 Å². The second-order valence-electron chi connectivity index (χ2n) is 4.85. The molecule has 0 unspecified atom stereocenters. The van der Waals surface area contributed by atoms with Gasteiger partial charge in [-0.25, -0.2) is 0 Å². The summed E-state index contributed by atoms with van der Waals surface area (Å²) in [7, 11) is 0. The first-order valence-corrected chi connectivity index (χ1v) is 5.58. The van der Waals surface area contributed by atoms with Crippen molar-refractivity contribution in [1.29, 1.82) is 0 Å². The third-order valence-electron chi connectivity index (χ3n) is 2.69. The van der Waals surface area contributed by atoms with Crippen molar-refractivity contribution in [3.8, 4) is 0 Å². The zero-order chi connectivity index (χ0) is 13.6. The number of rotatable bonds is 7. The zero-order valence-electron chi connectivity index (χ0n) is 11.0. The maximum Gasteiger partial charge on any atom is 0.161 e. The molecule has 94 valence electrons. The minimum absolute atomic E-state index is 0.0486. The molecule has 0 saturated heterocycles. The van der Waals surface area contributed by atoms with E-state index in [-0.39, 0.29) is 17.3 Å². The molecule has 0 spiro atoms. The Labute approximate surface area is 103 Å². The van der Waals surface area contributed by atoms with Gasteiger partial charge in [-0.05, 0) is 44.4 Å². The van der Waals surface area contributed by atoms with E-state index in [4.69, 9.17) is 0 Å². The number of carbonyl (C=O) groups excluding carboxylic acids is 3. The van der Waals surface area contributed by atoms with E-state index >= 15 is 0 Å². The fourth-order valence-corrected chi connectivity index (χ4v) is 1.18. The molecule has 0 aromatic carbocycles. The highest BCUT2D eigenvalue weighted by Crippen LogP contribution is 2.26. The molecule has 17 heavy (non-hydrogen) atoms. The lowest BCUT2D eigenvalue weighted by atomic mass is 9.81. The van der Waals surface area contributed by atoms with Crippen LogP contribution in [0.25, 0.3) is 0 Å². The van der Waals surface area contributed by atoms with Crippen molar-refractivity contribution < 1.29 is 14.4 Å². The summed E-state index contributed by atoms with van der Waals surface area (Å²) in [5.41, 5.74) is -0.0499. The van der Waals surface area contributed by atoms with E-state index in [1.165, 1.54) is 26.0 Å². The molecule has 0 bridgehead atoms. The van der Waals surface area contributed by atoms with Gasteiger partial charge in [-0.3, -0.25) is 14.4 Å². The molecule has 0 atom stereocenters. The molecule has 0 N–H and O–H groups in total. The van der Waals surface area contributed by atoms with Gasteiger partial charge in [0.25, 0.3) is 0 Å². The van der Waals surface area contributed by atoms with Crippen LogP contribution in [0.15, 0.2) is 24.3 Å². The smallest absolute Gasteiger partial charge is 0.161 e. The number of hydrogen-bond donors (Lipinski definition) is 0. The van der Waals surface area contributed by atoms with Crippen LogP contribution < -0.4 is 0 Å². The average molecular weight is 236 g/mol. The Bertz CT molecular complexity index is 373. The number of ketones is 3. The summed E-state index contributed by atoms with van der Waals surface area (Å²) < 4.78 is 0. The van der Waals surface area contributed by atoms with Crippen molar-refractivity contribution in [2.45, 2.75) is 40.5 Å². The first kappa shape index (κ1) is 15.5. The average Bonchev–Trinajstić information content (AvgIpc) is 2.22. The Balaban J connectivity index is 4.47. The Kier molecular flexibility index (Phi) is 5.72. The molecule has 0 aliphatic carbocycles. The Morgan fingerprint density at radius 1 is 1.12 bits per heavy atom. The molecule has 0 heterocycles. The standard InChI is InChI=1S/C14H20O3/c1-10(12(3)16)8-9-14(4,5)13(17)7-6-11(2)15/h6-7H,1,8-9H2,2-5H3/b7-6+. The van der Waals surface area contributed by atoms with Crippen molar-refractivity contribution >= 4 is 17.3 Å². The van der Waals surface area contributed by atoms with Crippen LogP contribution in [0, 0.1) is 5.41 Å². The van der Waals surface area contributed by atoms with Crippen molar-refractivity contribution in [1.82, 2.24) is 0 Å². The van der Waals surface area contributed by atoms with Crippen molar-refractivity contribution in [3.05, 3.63) is 24.3 Å². The number of carbonyl (C=O) groups is 3. The van der Waals surface area contributed by atoms with Gasteiger partial charge in [-0.2, -0.15) is 0 Å². The van der Waals surface area contributed by atoms with Crippen molar-refractivity contribution in [2.24, 2.45) is 5.41 Å². The molecule has 3 nitrogen and oxygen atoms in total. The van der Waals surface area contributed by atoms with E-state index in [1.807, 2.05) is 0 Å². The number of Topliss-reactive ketones (excluding diaryl/α,β-unsaturated/α-hetero) is 1. The van der Waals surface area contributed by atoms with Crippen LogP contribution in [0.1, 0.15) is 40.5 Å². The molecule has 0 rings (SSSR count). The third-order valence-corrected chi connectivity index (χ3v) is 2.69. The molecule has 0 aromatic rings. The summed E-state index contributed by atoms with van der Waals surface area (Å²) in [5.74, 6) is -0.307. The van der Waals surface area contributed by atoms with Gasteiger partial charge in [0, 0.05) is 5.41 Å². The van der Waals surface area contributed by atoms with Gasteiger partial charge in [-0.15, -0.1) is 0 Å². The molecule has 3 heteroatoms. The van der Waals surface area contributed by atoms with Gasteiger partial charge in [0.1, 0.15) is 0 Å². The van der Waals surface area contributed by atoms with Gasteiger partial charge < -0.3 is 0 Å². The number of hydrogen-bond acceptors (Lipinski definition) is 3. The summed E-state index contributed by atoms with van der Waals surface area (Å²) in [5, 5.41) is 0. The molecular formula is C14H20O3. The molecule has 0 aromatic heterocycles. The van der Waals surface area contributed by atoms with E-state index in [9.17, 15) is 14.4 Å². The van der Waals surface area contributed by atoms with Crippen LogP contribution in [-0.4, -0.2) is 17.3 Å². The highest BCUT2D eigenvalue weighted by atomic mass is 16.1.